The Hall–Kier alpha value is 0.440. The molecule has 0 heterocycles. The first-order valence-electron chi connectivity index (χ1n) is 4.96. The van der Waals surface area contributed by atoms with Crippen LogP contribution >= 0.6 is 31.9 Å². The molecule has 4 atom stereocenters. The first-order valence-corrected chi connectivity index (χ1v) is 6.54. The van der Waals surface area contributed by atoms with Gasteiger partial charge in [0.25, 0.3) is 0 Å². The van der Waals surface area contributed by atoms with Gasteiger partial charge >= 0.3 is 0 Å². The van der Waals surface area contributed by atoms with E-state index in [1.54, 1.807) is 0 Å². The van der Waals surface area contributed by atoms with Crippen LogP contribution < -0.4 is 0 Å². The normalized spacial score (nSPS) is 62.6. The average molecular weight is 302 g/mol. The van der Waals surface area contributed by atoms with Crippen molar-refractivity contribution >= 4 is 31.9 Å². The fourth-order valence-corrected chi connectivity index (χ4v) is 5.66. The lowest BCUT2D eigenvalue weighted by molar-refractivity contribution is 0.574. The highest BCUT2D eigenvalue weighted by Crippen LogP contribution is 2.77. The maximum atomic E-state index is 3.83. The topological polar surface area (TPSA) is 0 Å². The lowest BCUT2D eigenvalue weighted by atomic mass is 10.0. The van der Waals surface area contributed by atoms with E-state index in [9.17, 15) is 0 Å². The summed E-state index contributed by atoms with van der Waals surface area (Å²) < 4.78 is 0.276. The predicted octanol–water partition coefficient (Wildman–Crippen LogP) is 3.34. The number of hydrogen-bond acceptors (Lipinski definition) is 0. The van der Waals surface area contributed by atoms with Gasteiger partial charge in [-0.2, -0.15) is 0 Å². The molecule has 2 saturated carbocycles. The molecule has 0 amide bonds. The van der Waals surface area contributed by atoms with Gasteiger partial charge in [0.1, 0.15) is 0 Å². The van der Waals surface area contributed by atoms with E-state index < -0.39 is 0 Å². The summed E-state index contributed by atoms with van der Waals surface area (Å²) in [5.41, 5.74) is 0. The monoisotopic (exact) mass is 300 g/mol. The van der Waals surface area contributed by atoms with Crippen molar-refractivity contribution in [1.82, 2.24) is 0 Å². The quantitative estimate of drug-likeness (QED) is 0.475. The minimum atomic E-state index is 0.276. The summed E-state index contributed by atoms with van der Waals surface area (Å²) in [6.45, 7) is 0. The van der Waals surface area contributed by atoms with Crippen LogP contribution in [0.1, 0.15) is 0 Å². The number of rotatable bonds is 0. The van der Waals surface area contributed by atoms with Gasteiger partial charge < -0.3 is 0 Å². The molecule has 0 saturated heterocycles. The van der Waals surface area contributed by atoms with E-state index in [0.29, 0.717) is 5.92 Å². The highest BCUT2D eigenvalue weighted by atomic mass is 79.9. The molecule has 13 heavy (non-hydrogen) atoms. The van der Waals surface area contributed by atoms with Gasteiger partial charge in [0.15, 0.2) is 0 Å². The molecule has 2 fully saturated rings. The molecule has 0 aliphatic heterocycles. The first kappa shape index (κ1) is 7.70. The lowest BCUT2D eigenvalue weighted by Gasteiger charge is -2.06. The van der Waals surface area contributed by atoms with Crippen molar-refractivity contribution in [1.29, 1.82) is 0 Å². The molecular formula is C11H10Br2. The molecule has 0 aromatic rings. The summed E-state index contributed by atoms with van der Waals surface area (Å²) >= 11 is 7.66. The van der Waals surface area contributed by atoms with Crippen LogP contribution in [0.2, 0.25) is 0 Å². The zero-order valence-electron chi connectivity index (χ0n) is 7.03. The van der Waals surface area contributed by atoms with Crippen molar-refractivity contribution in [2.75, 3.05) is 0 Å². The van der Waals surface area contributed by atoms with E-state index in [1.807, 2.05) is 0 Å². The average Bonchev–Trinajstić information content (AvgIpc) is 2.87. The van der Waals surface area contributed by atoms with E-state index in [1.165, 1.54) is 0 Å². The van der Waals surface area contributed by atoms with Crippen LogP contribution in [0.25, 0.3) is 0 Å². The Bertz CT molecular complexity index is 322. The molecule has 0 spiro atoms. The fraction of sp³-hybridized carbons (Fsp3) is 0.636. The smallest absolute Gasteiger partial charge is 0.0839 e. The van der Waals surface area contributed by atoms with E-state index >= 15 is 0 Å². The van der Waals surface area contributed by atoms with Crippen LogP contribution in [-0.4, -0.2) is 3.23 Å². The molecule has 0 N–H and O–H groups in total. The molecule has 4 unspecified atom stereocenters. The van der Waals surface area contributed by atoms with Crippen molar-refractivity contribution in [3.05, 3.63) is 24.3 Å². The first-order chi connectivity index (χ1) is 6.21. The second-order valence-electron chi connectivity index (χ2n) is 4.81. The van der Waals surface area contributed by atoms with Gasteiger partial charge in [-0.15, -0.1) is 0 Å². The van der Waals surface area contributed by atoms with Crippen molar-refractivity contribution in [2.24, 2.45) is 35.5 Å². The molecule has 2 heteroatoms. The number of hydrogen-bond donors (Lipinski definition) is 0. The van der Waals surface area contributed by atoms with Gasteiger partial charge in [0, 0.05) is 5.92 Å². The van der Waals surface area contributed by atoms with Crippen LogP contribution in [0.4, 0.5) is 0 Å². The summed E-state index contributed by atoms with van der Waals surface area (Å²) in [4.78, 5) is 0. The van der Waals surface area contributed by atoms with Crippen LogP contribution in [0, 0.1) is 35.5 Å². The van der Waals surface area contributed by atoms with E-state index in [-0.39, 0.29) is 3.23 Å². The maximum absolute atomic E-state index is 3.83. The molecule has 4 bridgehead atoms. The molecule has 5 rings (SSSR count). The van der Waals surface area contributed by atoms with Crippen molar-refractivity contribution < 1.29 is 0 Å². The largest absolute Gasteiger partial charge is 0.0880 e. The predicted molar refractivity (Wildman–Crippen MR) is 59.8 cm³/mol. The number of allylic oxidation sites excluding steroid dienone is 4. The lowest BCUT2D eigenvalue weighted by Crippen LogP contribution is -2.00. The van der Waals surface area contributed by atoms with Gasteiger partial charge in [-0.05, 0) is 29.6 Å². The summed E-state index contributed by atoms with van der Waals surface area (Å²) in [6, 6.07) is 0. The van der Waals surface area contributed by atoms with Gasteiger partial charge in [0.05, 0.1) is 3.23 Å². The van der Waals surface area contributed by atoms with Crippen LogP contribution in [0.3, 0.4) is 0 Å². The van der Waals surface area contributed by atoms with E-state index in [2.05, 4.69) is 56.2 Å². The van der Waals surface area contributed by atoms with Crippen LogP contribution in [0.5, 0.6) is 0 Å². The second kappa shape index (κ2) is 2.01. The molecule has 0 aromatic carbocycles. The second-order valence-corrected chi connectivity index (χ2v) is 8.49. The van der Waals surface area contributed by atoms with Crippen LogP contribution in [-0.2, 0) is 0 Å². The highest BCUT2D eigenvalue weighted by Gasteiger charge is 2.74. The zero-order valence-corrected chi connectivity index (χ0v) is 10.2. The van der Waals surface area contributed by atoms with Gasteiger partial charge in [-0.1, -0.05) is 56.2 Å². The minimum Gasteiger partial charge on any atom is -0.0839 e. The summed E-state index contributed by atoms with van der Waals surface area (Å²) in [6.07, 6.45) is 9.77. The third-order valence-corrected chi connectivity index (χ3v) is 6.41. The third-order valence-electron chi connectivity index (χ3n) is 4.30. The standard InChI is InChI=1S/C11H10Br2/c12-11(13)9-5-1-3-6-7(4-2-5)8(6)10(9)11/h1-10H. The Morgan fingerprint density at radius 1 is 0.846 bits per heavy atom. The minimum absolute atomic E-state index is 0.276. The zero-order chi connectivity index (χ0) is 8.79. The highest BCUT2D eigenvalue weighted by molar-refractivity contribution is 9.25. The SMILES string of the molecule is BrC1(Br)C2C3C=CC4C(C=C3)C4C21. The Balaban J connectivity index is 1.88. The van der Waals surface area contributed by atoms with E-state index in [0.717, 1.165) is 29.6 Å². The Morgan fingerprint density at radius 2 is 1.46 bits per heavy atom. The molecule has 5 aliphatic rings. The van der Waals surface area contributed by atoms with E-state index in [4.69, 9.17) is 0 Å². The number of alkyl halides is 2. The van der Waals surface area contributed by atoms with Crippen molar-refractivity contribution in [3.8, 4) is 0 Å². The molecule has 68 valence electrons. The molecule has 0 radical (unpaired) electrons. The third kappa shape index (κ3) is 0.753. The summed E-state index contributed by atoms with van der Waals surface area (Å²) in [5, 5.41) is 0. The van der Waals surface area contributed by atoms with Gasteiger partial charge in [0.2, 0.25) is 0 Å². The maximum Gasteiger partial charge on any atom is 0.0880 e. The Labute approximate surface area is 94.7 Å². The van der Waals surface area contributed by atoms with Gasteiger partial charge in [-0.25, -0.2) is 0 Å². The molecular weight excluding hydrogens is 292 g/mol. The van der Waals surface area contributed by atoms with Crippen molar-refractivity contribution in [2.45, 2.75) is 3.23 Å². The fourth-order valence-electron chi connectivity index (χ4n) is 3.56. The summed E-state index contributed by atoms with van der Waals surface area (Å²) in [5.74, 6) is 5.04. The number of halogens is 2. The summed E-state index contributed by atoms with van der Waals surface area (Å²) in [7, 11) is 0. The Kier molecular flexibility index (Phi) is 1.19. The van der Waals surface area contributed by atoms with Crippen LogP contribution in [0.15, 0.2) is 24.3 Å². The van der Waals surface area contributed by atoms with Crippen molar-refractivity contribution in [3.63, 3.8) is 0 Å². The Morgan fingerprint density at radius 3 is 2.08 bits per heavy atom. The molecule has 0 nitrogen and oxygen atoms in total. The molecule has 0 aromatic heterocycles. The molecule has 5 aliphatic carbocycles. The van der Waals surface area contributed by atoms with Gasteiger partial charge in [-0.3, -0.25) is 0 Å².